The fourth-order valence-electron chi connectivity index (χ4n) is 1.78. The van der Waals surface area contributed by atoms with E-state index in [4.69, 9.17) is 0 Å². The summed E-state index contributed by atoms with van der Waals surface area (Å²) in [6, 6.07) is 7.18. The first-order valence-electron chi connectivity index (χ1n) is 5.62. The first kappa shape index (κ1) is 12.3. The lowest BCUT2D eigenvalue weighted by atomic mass is 10.3. The smallest absolute Gasteiger partial charge is 0.271 e. The maximum atomic E-state index is 11.9. The molecule has 1 N–H and O–H groups in total. The molecule has 20 heavy (non-hydrogen) atoms. The van der Waals surface area contributed by atoms with Gasteiger partial charge >= 0.3 is 0 Å². The number of benzene rings is 1. The third-order valence-electron chi connectivity index (χ3n) is 2.70. The highest BCUT2D eigenvalue weighted by Gasteiger charge is 2.10. The van der Waals surface area contributed by atoms with Crippen LogP contribution in [0.1, 0.15) is 0 Å². The molecule has 100 valence electrons. The van der Waals surface area contributed by atoms with Gasteiger partial charge in [-0.1, -0.05) is 0 Å². The molecular formula is C12H8N4O3S. The van der Waals surface area contributed by atoms with Gasteiger partial charge in [-0.05, 0) is 12.1 Å². The molecule has 0 aliphatic heterocycles. The fourth-order valence-corrected chi connectivity index (χ4v) is 2.38. The highest BCUT2D eigenvalue weighted by Crippen LogP contribution is 2.19. The van der Waals surface area contributed by atoms with Crippen molar-refractivity contribution in [3.8, 4) is 16.4 Å². The van der Waals surface area contributed by atoms with Crippen molar-refractivity contribution in [3.05, 3.63) is 62.4 Å². The van der Waals surface area contributed by atoms with Crippen molar-refractivity contribution in [2.45, 2.75) is 0 Å². The zero-order valence-electron chi connectivity index (χ0n) is 10.0. The average Bonchev–Trinajstić information content (AvgIpc) is 3.08. The molecule has 0 radical (unpaired) electrons. The zero-order chi connectivity index (χ0) is 14.1. The van der Waals surface area contributed by atoms with Gasteiger partial charge in [-0.2, -0.15) is 0 Å². The van der Waals surface area contributed by atoms with Crippen LogP contribution in [0.2, 0.25) is 0 Å². The Morgan fingerprint density at radius 2 is 2.05 bits per heavy atom. The normalized spacial score (nSPS) is 10.6. The number of aromatic nitrogens is 3. The van der Waals surface area contributed by atoms with E-state index in [0.29, 0.717) is 16.4 Å². The van der Waals surface area contributed by atoms with E-state index in [1.807, 2.05) is 5.38 Å². The van der Waals surface area contributed by atoms with Crippen LogP contribution in [-0.4, -0.2) is 19.7 Å². The van der Waals surface area contributed by atoms with Gasteiger partial charge in [-0.15, -0.1) is 11.3 Å². The van der Waals surface area contributed by atoms with Crippen LogP contribution in [-0.2, 0) is 0 Å². The molecule has 0 spiro atoms. The largest absolute Gasteiger partial charge is 0.288 e. The maximum Gasteiger partial charge on any atom is 0.271 e. The highest BCUT2D eigenvalue weighted by molar-refractivity contribution is 7.13. The average molecular weight is 288 g/mol. The van der Waals surface area contributed by atoms with Gasteiger partial charge in [0, 0.05) is 29.8 Å². The predicted molar refractivity (Wildman–Crippen MR) is 74.2 cm³/mol. The Morgan fingerprint density at radius 1 is 1.30 bits per heavy atom. The van der Waals surface area contributed by atoms with Crippen LogP contribution in [0, 0.1) is 10.1 Å². The van der Waals surface area contributed by atoms with E-state index in [9.17, 15) is 14.9 Å². The van der Waals surface area contributed by atoms with Gasteiger partial charge in [0.05, 0.1) is 16.3 Å². The van der Waals surface area contributed by atoms with Crippen LogP contribution in [0.3, 0.4) is 0 Å². The standard InChI is InChI=1S/C12H8N4O3S/c17-11-7-10(12-13-5-6-20-12)14-15(11)8-1-3-9(4-2-8)16(18)19/h1-7,14H. The SMILES string of the molecule is O=c1cc(-c2nccs2)[nH]n1-c1ccc([N+](=O)[O-])cc1. The summed E-state index contributed by atoms with van der Waals surface area (Å²) in [5.41, 5.74) is 0.879. The zero-order valence-corrected chi connectivity index (χ0v) is 10.8. The lowest BCUT2D eigenvalue weighted by Crippen LogP contribution is -2.13. The van der Waals surface area contributed by atoms with E-state index < -0.39 is 4.92 Å². The number of hydrogen-bond acceptors (Lipinski definition) is 5. The van der Waals surface area contributed by atoms with Crippen molar-refractivity contribution in [1.82, 2.24) is 14.8 Å². The number of hydrogen-bond donors (Lipinski definition) is 1. The quantitative estimate of drug-likeness (QED) is 0.590. The van der Waals surface area contributed by atoms with Crippen LogP contribution >= 0.6 is 11.3 Å². The molecule has 0 saturated carbocycles. The summed E-state index contributed by atoms with van der Waals surface area (Å²) in [5.74, 6) is 0. The summed E-state index contributed by atoms with van der Waals surface area (Å²) < 4.78 is 1.32. The highest BCUT2D eigenvalue weighted by atomic mass is 32.1. The second-order valence-corrected chi connectivity index (χ2v) is 4.85. The van der Waals surface area contributed by atoms with Crippen molar-refractivity contribution < 1.29 is 4.92 Å². The molecule has 2 heterocycles. The van der Waals surface area contributed by atoms with Gasteiger partial charge in [0.2, 0.25) is 0 Å². The lowest BCUT2D eigenvalue weighted by molar-refractivity contribution is -0.384. The molecule has 0 saturated heterocycles. The number of non-ortho nitro benzene ring substituents is 1. The number of nitrogens with zero attached hydrogens (tertiary/aromatic N) is 3. The summed E-state index contributed by atoms with van der Waals surface area (Å²) in [5, 5.41) is 16.1. The molecule has 3 rings (SSSR count). The molecular weight excluding hydrogens is 280 g/mol. The Kier molecular flexibility index (Phi) is 2.92. The molecule has 0 bridgehead atoms. The maximum absolute atomic E-state index is 11.9. The Bertz CT molecular complexity index is 802. The Balaban J connectivity index is 2.02. The molecule has 3 aromatic rings. The minimum Gasteiger partial charge on any atom is -0.288 e. The van der Waals surface area contributed by atoms with Gasteiger partial charge < -0.3 is 0 Å². The Hall–Kier alpha value is -2.74. The number of H-pyrrole nitrogens is 1. The van der Waals surface area contributed by atoms with Gasteiger partial charge in [0.25, 0.3) is 11.2 Å². The molecule has 8 heteroatoms. The summed E-state index contributed by atoms with van der Waals surface area (Å²) in [4.78, 5) is 26.2. The van der Waals surface area contributed by atoms with Crippen molar-refractivity contribution in [2.24, 2.45) is 0 Å². The number of rotatable bonds is 3. The molecule has 0 unspecified atom stereocenters. The van der Waals surface area contributed by atoms with Gasteiger partial charge in [-0.3, -0.25) is 20.0 Å². The molecule has 2 aromatic heterocycles. The Morgan fingerprint density at radius 3 is 2.65 bits per heavy atom. The van der Waals surface area contributed by atoms with Crippen LogP contribution in [0.4, 0.5) is 5.69 Å². The van der Waals surface area contributed by atoms with Gasteiger partial charge in [-0.25, -0.2) is 9.67 Å². The van der Waals surface area contributed by atoms with Crippen molar-refractivity contribution >= 4 is 17.0 Å². The number of nitro groups is 1. The molecule has 1 aromatic carbocycles. The third-order valence-corrected chi connectivity index (χ3v) is 3.51. The lowest BCUT2D eigenvalue weighted by Gasteiger charge is -2.01. The predicted octanol–water partition coefficient (Wildman–Crippen LogP) is 2.20. The third kappa shape index (κ3) is 2.12. The minimum absolute atomic E-state index is 0.0199. The summed E-state index contributed by atoms with van der Waals surface area (Å²) in [6.45, 7) is 0. The summed E-state index contributed by atoms with van der Waals surface area (Å²) in [6.07, 6.45) is 1.65. The number of nitro benzene ring substituents is 1. The molecule has 0 aliphatic carbocycles. The first-order chi connectivity index (χ1) is 9.65. The molecule has 0 atom stereocenters. The van der Waals surface area contributed by atoms with Crippen LogP contribution in [0.5, 0.6) is 0 Å². The fraction of sp³-hybridized carbons (Fsp3) is 0. The van der Waals surface area contributed by atoms with Gasteiger partial charge in [0.1, 0.15) is 5.01 Å². The molecule has 0 amide bonds. The Labute approximate surface area is 116 Å². The van der Waals surface area contributed by atoms with E-state index in [2.05, 4.69) is 10.1 Å². The number of aromatic amines is 1. The van der Waals surface area contributed by atoms with Crippen LogP contribution in [0.25, 0.3) is 16.4 Å². The summed E-state index contributed by atoms with van der Waals surface area (Å²) in [7, 11) is 0. The van der Waals surface area contributed by atoms with Gasteiger partial charge in [0.15, 0.2) is 0 Å². The van der Waals surface area contributed by atoms with Crippen LogP contribution < -0.4 is 5.56 Å². The van der Waals surface area contributed by atoms with E-state index in [-0.39, 0.29) is 11.2 Å². The second kappa shape index (κ2) is 4.74. The van der Waals surface area contributed by atoms with E-state index in [1.54, 1.807) is 6.20 Å². The number of nitrogens with one attached hydrogen (secondary N) is 1. The van der Waals surface area contributed by atoms with E-state index in [1.165, 1.54) is 46.4 Å². The van der Waals surface area contributed by atoms with Crippen molar-refractivity contribution in [2.75, 3.05) is 0 Å². The molecule has 0 fully saturated rings. The van der Waals surface area contributed by atoms with Crippen molar-refractivity contribution in [1.29, 1.82) is 0 Å². The van der Waals surface area contributed by atoms with Crippen LogP contribution in [0.15, 0.2) is 46.7 Å². The molecule has 7 nitrogen and oxygen atoms in total. The molecule has 0 aliphatic rings. The second-order valence-electron chi connectivity index (χ2n) is 3.95. The van der Waals surface area contributed by atoms with E-state index >= 15 is 0 Å². The number of thiazole rings is 1. The topological polar surface area (TPSA) is 93.8 Å². The monoisotopic (exact) mass is 288 g/mol. The van der Waals surface area contributed by atoms with Crippen molar-refractivity contribution in [3.63, 3.8) is 0 Å². The van der Waals surface area contributed by atoms with E-state index in [0.717, 1.165) is 0 Å². The summed E-state index contributed by atoms with van der Waals surface area (Å²) >= 11 is 1.42. The first-order valence-corrected chi connectivity index (χ1v) is 6.50. The minimum atomic E-state index is -0.484.